The highest BCUT2D eigenvalue weighted by Crippen LogP contribution is 2.41. The summed E-state index contributed by atoms with van der Waals surface area (Å²) in [5, 5.41) is 4.54. The topological polar surface area (TPSA) is 64.7 Å². The normalized spacial score (nSPS) is 11.4. The number of hydrogen-bond donors (Lipinski definition) is 0. The summed E-state index contributed by atoms with van der Waals surface area (Å²) in [5.41, 5.74) is 9.07. The van der Waals surface area contributed by atoms with E-state index in [9.17, 15) is 0 Å². The quantitative estimate of drug-likeness (QED) is 0.196. The third-order valence-corrected chi connectivity index (χ3v) is 8.67. The van der Waals surface area contributed by atoms with Gasteiger partial charge in [0.05, 0.1) is 6.20 Å². The van der Waals surface area contributed by atoms with Gasteiger partial charge in [-0.3, -0.25) is 4.98 Å². The molecule has 0 aliphatic rings. The molecule has 0 atom stereocenters. The maximum absolute atomic E-state index is 6.16. The summed E-state index contributed by atoms with van der Waals surface area (Å²) in [6.07, 6.45) is 3.60. The molecule has 0 saturated heterocycles. The van der Waals surface area contributed by atoms with Gasteiger partial charge < -0.3 is 4.42 Å². The van der Waals surface area contributed by atoms with E-state index in [1.165, 1.54) is 10.8 Å². The first kappa shape index (κ1) is 26.9. The van der Waals surface area contributed by atoms with E-state index in [1.54, 1.807) is 6.20 Å². The fraction of sp³-hybridized carbons (Fsp3) is 0. The van der Waals surface area contributed by atoms with Crippen molar-refractivity contribution in [2.24, 2.45) is 0 Å². The largest absolute Gasteiger partial charge is 0.454 e. The molecule has 47 heavy (non-hydrogen) atoms. The summed E-state index contributed by atoms with van der Waals surface area (Å²) in [5.74, 6) is 1.94. The lowest BCUT2D eigenvalue weighted by molar-refractivity contribution is 0.667. The third kappa shape index (κ3) is 4.73. The lowest BCUT2D eigenvalue weighted by Gasteiger charge is -2.13. The Kier molecular flexibility index (Phi) is 6.39. The summed E-state index contributed by atoms with van der Waals surface area (Å²) >= 11 is 0. The zero-order valence-corrected chi connectivity index (χ0v) is 25.2. The summed E-state index contributed by atoms with van der Waals surface area (Å²) in [6.45, 7) is 0. The monoisotopic (exact) mass is 602 g/mol. The first-order valence-electron chi connectivity index (χ1n) is 15.6. The minimum atomic E-state index is 0.639. The van der Waals surface area contributed by atoms with Crippen molar-refractivity contribution in [3.05, 3.63) is 158 Å². The van der Waals surface area contributed by atoms with E-state index >= 15 is 0 Å². The van der Waals surface area contributed by atoms with E-state index in [-0.39, 0.29) is 0 Å². The predicted octanol–water partition coefficient (Wildman–Crippen LogP) is 10.7. The van der Waals surface area contributed by atoms with Crippen LogP contribution in [-0.4, -0.2) is 19.9 Å². The molecule has 0 aliphatic heterocycles. The van der Waals surface area contributed by atoms with Crippen molar-refractivity contribution in [3.8, 4) is 56.4 Å². The molecule has 0 spiro atoms. The lowest BCUT2D eigenvalue weighted by atomic mass is 9.90. The Hall–Kier alpha value is -6.46. The second kappa shape index (κ2) is 11.2. The Labute approximate surface area is 270 Å². The first-order valence-corrected chi connectivity index (χ1v) is 15.6. The minimum Gasteiger partial charge on any atom is -0.454 e. The van der Waals surface area contributed by atoms with Crippen molar-refractivity contribution in [2.45, 2.75) is 0 Å². The number of nitrogens with zero attached hydrogens (tertiary/aromatic N) is 4. The summed E-state index contributed by atoms with van der Waals surface area (Å²) in [6, 6.07) is 49.9. The average molecular weight is 603 g/mol. The van der Waals surface area contributed by atoms with Crippen LogP contribution in [0.25, 0.3) is 89.1 Å². The van der Waals surface area contributed by atoms with Gasteiger partial charge in [0.15, 0.2) is 23.1 Å². The van der Waals surface area contributed by atoms with Gasteiger partial charge in [-0.1, -0.05) is 133 Å². The molecule has 0 bridgehead atoms. The van der Waals surface area contributed by atoms with E-state index in [2.05, 4.69) is 77.8 Å². The molecule has 0 N–H and O–H groups in total. The van der Waals surface area contributed by atoms with Crippen LogP contribution in [0.5, 0.6) is 0 Å². The van der Waals surface area contributed by atoms with Crippen molar-refractivity contribution < 1.29 is 4.42 Å². The van der Waals surface area contributed by atoms with Crippen LogP contribution in [0.3, 0.4) is 0 Å². The van der Waals surface area contributed by atoms with E-state index in [0.717, 1.165) is 60.9 Å². The second-order valence-corrected chi connectivity index (χ2v) is 11.5. The van der Waals surface area contributed by atoms with Crippen molar-refractivity contribution in [1.82, 2.24) is 19.9 Å². The standard InChI is InChI=1S/C42H26N4O/c1-3-10-28(11-4-1)40-44-41(29-12-5-2-6-13-29)46-42(45-40)30-20-18-27(19-21-30)31-22-23-34(33-15-8-7-14-32(31)33)35-16-9-17-37-39(35)36-24-25-43-26-38(36)47-37/h1-26H. The number of aromatic nitrogens is 4. The van der Waals surface area contributed by atoms with Gasteiger partial charge >= 0.3 is 0 Å². The van der Waals surface area contributed by atoms with E-state index in [0.29, 0.717) is 17.5 Å². The van der Waals surface area contributed by atoms with Crippen LogP contribution in [0.15, 0.2) is 162 Å². The number of hydrogen-bond acceptors (Lipinski definition) is 5. The van der Waals surface area contributed by atoms with Gasteiger partial charge in [0.2, 0.25) is 0 Å². The van der Waals surface area contributed by atoms with Crippen LogP contribution in [0, 0.1) is 0 Å². The molecule has 0 amide bonds. The molecule has 0 fully saturated rings. The van der Waals surface area contributed by atoms with Gasteiger partial charge in [-0.2, -0.15) is 0 Å². The molecule has 0 saturated carbocycles. The van der Waals surface area contributed by atoms with E-state index in [4.69, 9.17) is 19.4 Å². The highest BCUT2D eigenvalue weighted by atomic mass is 16.3. The fourth-order valence-corrected chi connectivity index (χ4v) is 6.43. The number of fused-ring (bicyclic) bond motifs is 4. The minimum absolute atomic E-state index is 0.639. The molecule has 9 rings (SSSR count). The molecule has 6 aromatic carbocycles. The van der Waals surface area contributed by atoms with Crippen LogP contribution in [0.2, 0.25) is 0 Å². The molecule has 220 valence electrons. The van der Waals surface area contributed by atoms with Crippen molar-refractivity contribution in [2.75, 3.05) is 0 Å². The van der Waals surface area contributed by atoms with Gasteiger partial charge in [-0.05, 0) is 45.2 Å². The molecule has 3 aromatic heterocycles. The molecule has 0 aliphatic carbocycles. The van der Waals surface area contributed by atoms with Gasteiger partial charge in [0, 0.05) is 33.7 Å². The Morgan fingerprint density at radius 3 is 1.57 bits per heavy atom. The number of furan rings is 1. The van der Waals surface area contributed by atoms with Crippen molar-refractivity contribution in [3.63, 3.8) is 0 Å². The van der Waals surface area contributed by atoms with Crippen LogP contribution < -0.4 is 0 Å². The Morgan fingerprint density at radius 1 is 0.362 bits per heavy atom. The molecule has 5 nitrogen and oxygen atoms in total. The van der Waals surface area contributed by atoms with E-state index in [1.807, 2.05) is 79.0 Å². The lowest BCUT2D eigenvalue weighted by Crippen LogP contribution is -2.00. The molecule has 5 heteroatoms. The highest BCUT2D eigenvalue weighted by Gasteiger charge is 2.17. The molecular formula is C42H26N4O. The maximum Gasteiger partial charge on any atom is 0.164 e. The van der Waals surface area contributed by atoms with Gasteiger partial charge in [-0.25, -0.2) is 15.0 Å². The number of benzene rings is 6. The van der Waals surface area contributed by atoms with E-state index < -0.39 is 0 Å². The smallest absolute Gasteiger partial charge is 0.164 e. The zero-order chi connectivity index (χ0) is 31.2. The SMILES string of the molecule is c1ccc(-c2nc(-c3ccccc3)nc(-c3ccc(-c4ccc(-c5cccc6oc7cnccc7c56)c5ccccc45)cc3)n2)cc1. The van der Waals surface area contributed by atoms with Gasteiger partial charge in [0.1, 0.15) is 5.58 Å². The van der Waals surface area contributed by atoms with Crippen molar-refractivity contribution in [1.29, 1.82) is 0 Å². The van der Waals surface area contributed by atoms with Gasteiger partial charge in [0.25, 0.3) is 0 Å². The molecule has 0 radical (unpaired) electrons. The van der Waals surface area contributed by atoms with Crippen molar-refractivity contribution >= 4 is 32.7 Å². The summed E-state index contributed by atoms with van der Waals surface area (Å²) < 4.78 is 6.16. The zero-order valence-electron chi connectivity index (χ0n) is 25.2. The highest BCUT2D eigenvalue weighted by molar-refractivity contribution is 6.16. The molecule has 0 unspecified atom stereocenters. The average Bonchev–Trinajstić information content (AvgIpc) is 3.54. The van der Waals surface area contributed by atoms with Crippen LogP contribution in [-0.2, 0) is 0 Å². The summed E-state index contributed by atoms with van der Waals surface area (Å²) in [7, 11) is 0. The second-order valence-electron chi connectivity index (χ2n) is 11.5. The Morgan fingerprint density at radius 2 is 0.915 bits per heavy atom. The van der Waals surface area contributed by atoms with Crippen LogP contribution in [0.4, 0.5) is 0 Å². The molecular weight excluding hydrogens is 576 g/mol. The Balaban J connectivity index is 1.15. The first-order chi connectivity index (χ1) is 23.3. The number of rotatable bonds is 5. The molecule has 3 heterocycles. The maximum atomic E-state index is 6.16. The fourth-order valence-electron chi connectivity index (χ4n) is 6.43. The molecule has 9 aromatic rings. The van der Waals surface area contributed by atoms with Gasteiger partial charge in [-0.15, -0.1) is 0 Å². The summed E-state index contributed by atoms with van der Waals surface area (Å²) in [4.78, 5) is 18.9. The number of pyridine rings is 1. The Bertz CT molecular complexity index is 2500. The predicted molar refractivity (Wildman–Crippen MR) is 190 cm³/mol. The third-order valence-electron chi connectivity index (χ3n) is 8.67. The van der Waals surface area contributed by atoms with Crippen LogP contribution in [0.1, 0.15) is 0 Å². The van der Waals surface area contributed by atoms with Crippen LogP contribution >= 0.6 is 0 Å².